The summed E-state index contributed by atoms with van der Waals surface area (Å²) in [6, 6.07) is 15.4. The minimum atomic E-state index is -0.832. The Bertz CT molecular complexity index is 1290. The second-order valence-electron chi connectivity index (χ2n) is 10.1. The van der Waals surface area contributed by atoms with Crippen LogP contribution < -0.4 is 10.5 Å². The molecule has 2 atom stereocenters. The second-order valence-corrected chi connectivity index (χ2v) is 10.1. The van der Waals surface area contributed by atoms with E-state index in [9.17, 15) is 10.1 Å². The maximum absolute atomic E-state index is 13.5. The zero-order chi connectivity index (χ0) is 25.9. The summed E-state index contributed by atoms with van der Waals surface area (Å²) in [5.74, 6) is 1.20. The van der Waals surface area contributed by atoms with E-state index in [1.165, 1.54) is 0 Å². The highest BCUT2D eigenvalue weighted by Gasteiger charge is 2.42. The SMILES string of the molecule is CCC[C@@]1(c2cccc(Oc3cc([C@](C)(N)c4cncn4C)ccc3C#N)c2)CCCCN(C)C1=O. The van der Waals surface area contributed by atoms with Crippen LogP contribution in [0, 0.1) is 11.3 Å². The van der Waals surface area contributed by atoms with Crippen LogP contribution in [-0.2, 0) is 22.8 Å². The predicted octanol–water partition coefficient (Wildman–Crippen LogP) is 4.99. The lowest BCUT2D eigenvalue weighted by molar-refractivity contribution is -0.135. The number of nitriles is 1. The normalized spacial score (nSPS) is 19.9. The molecular weight excluding hydrogens is 450 g/mol. The molecule has 0 saturated carbocycles. The van der Waals surface area contributed by atoms with Crippen molar-refractivity contribution in [1.82, 2.24) is 14.5 Å². The van der Waals surface area contributed by atoms with Gasteiger partial charge in [0.1, 0.15) is 17.6 Å². The highest BCUT2D eigenvalue weighted by Crippen LogP contribution is 2.41. The molecule has 4 rings (SSSR count). The Balaban J connectivity index is 1.72. The van der Waals surface area contributed by atoms with Gasteiger partial charge >= 0.3 is 0 Å². The first kappa shape index (κ1) is 25.5. The number of imidazole rings is 1. The number of benzene rings is 2. The Morgan fingerprint density at radius 1 is 1.22 bits per heavy atom. The molecule has 1 saturated heterocycles. The van der Waals surface area contributed by atoms with Gasteiger partial charge in [-0.2, -0.15) is 5.26 Å². The zero-order valence-electron chi connectivity index (χ0n) is 21.6. The number of hydrogen-bond donors (Lipinski definition) is 1. The molecule has 1 aliphatic rings. The number of aromatic nitrogens is 2. The Labute approximate surface area is 213 Å². The molecule has 0 spiro atoms. The van der Waals surface area contributed by atoms with E-state index in [1.807, 2.05) is 66.9 Å². The summed E-state index contributed by atoms with van der Waals surface area (Å²) in [5, 5.41) is 9.76. The summed E-state index contributed by atoms with van der Waals surface area (Å²) in [5.41, 5.74) is 8.37. The number of amides is 1. The van der Waals surface area contributed by atoms with E-state index in [2.05, 4.69) is 18.0 Å². The maximum Gasteiger partial charge on any atom is 0.232 e. The monoisotopic (exact) mass is 485 g/mol. The summed E-state index contributed by atoms with van der Waals surface area (Å²) in [6.45, 7) is 4.82. The lowest BCUT2D eigenvalue weighted by Gasteiger charge is -2.34. The smallest absolute Gasteiger partial charge is 0.232 e. The summed E-state index contributed by atoms with van der Waals surface area (Å²) in [6.07, 6.45) is 7.99. The van der Waals surface area contributed by atoms with Gasteiger partial charge in [0.15, 0.2) is 0 Å². The van der Waals surface area contributed by atoms with Crippen LogP contribution in [-0.4, -0.2) is 34.0 Å². The molecule has 1 aliphatic heterocycles. The number of nitrogens with zero attached hydrogens (tertiary/aromatic N) is 4. The van der Waals surface area contributed by atoms with Gasteiger partial charge in [-0.1, -0.05) is 38.0 Å². The molecule has 0 bridgehead atoms. The van der Waals surface area contributed by atoms with Crippen molar-refractivity contribution in [2.45, 2.75) is 56.9 Å². The van der Waals surface area contributed by atoms with E-state index in [0.29, 0.717) is 17.1 Å². The van der Waals surface area contributed by atoms with Gasteiger partial charge in [-0.3, -0.25) is 4.79 Å². The van der Waals surface area contributed by atoms with Crippen molar-refractivity contribution >= 4 is 5.91 Å². The van der Waals surface area contributed by atoms with Crippen LogP contribution in [0.4, 0.5) is 0 Å². The number of aryl methyl sites for hydroxylation is 1. The first-order valence-corrected chi connectivity index (χ1v) is 12.6. The minimum Gasteiger partial charge on any atom is -0.456 e. The Kier molecular flexibility index (Phi) is 7.18. The minimum absolute atomic E-state index is 0.175. The summed E-state index contributed by atoms with van der Waals surface area (Å²) < 4.78 is 8.19. The van der Waals surface area contributed by atoms with Crippen molar-refractivity contribution in [3.8, 4) is 17.6 Å². The van der Waals surface area contributed by atoms with Gasteiger partial charge in [0, 0.05) is 20.6 Å². The summed E-state index contributed by atoms with van der Waals surface area (Å²) >= 11 is 0. The van der Waals surface area contributed by atoms with E-state index in [0.717, 1.165) is 55.5 Å². The second kappa shape index (κ2) is 10.2. The van der Waals surface area contributed by atoms with Crippen LogP contribution in [0.1, 0.15) is 68.3 Å². The standard InChI is InChI=1S/C29H35N5O2/c1-5-13-29(14-6-7-15-33(3)27(29)35)23-9-8-10-24(16-23)36-25-17-22(12-11-21(25)18-30)28(2,31)26-19-32-20-34(26)4/h8-12,16-17,19-20H,5-7,13-15,31H2,1-4H3/t28-,29-/m0/s1. The average molecular weight is 486 g/mol. The Hall–Kier alpha value is -3.63. The third-order valence-corrected chi connectivity index (χ3v) is 7.44. The number of hydrogen-bond acceptors (Lipinski definition) is 5. The quantitative estimate of drug-likeness (QED) is 0.509. The van der Waals surface area contributed by atoms with E-state index in [4.69, 9.17) is 10.5 Å². The lowest BCUT2D eigenvalue weighted by Crippen LogP contribution is -2.44. The molecule has 0 unspecified atom stereocenters. The van der Waals surface area contributed by atoms with E-state index >= 15 is 0 Å². The van der Waals surface area contributed by atoms with E-state index < -0.39 is 11.0 Å². The first-order chi connectivity index (χ1) is 17.2. The Morgan fingerprint density at radius 2 is 2.03 bits per heavy atom. The highest BCUT2D eigenvalue weighted by atomic mass is 16.5. The molecule has 36 heavy (non-hydrogen) atoms. The summed E-state index contributed by atoms with van der Waals surface area (Å²) in [7, 11) is 3.80. The molecule has 2 aromatic carbocycles. The number of likely N-dealkylation sites (N-methyl/N-ethyl adjacent to an activating group) is 1. The number of carbonyl (C=O) groups is 1. The molecule has 188 valence electrons. The average Bonchev–Trinajstić information content (AvgIpc) is 3.26. The molecule has 1 amide bonds. The van der Waals surface area contributed by atoms with Crippen molar-refractivity contribution in [1.29, 1.82) is 5.26 Å². The third-order valence-electron chi connectivity index (χ3n) is 7.44. The van der Waals surface area contributed by atoms with Crippen molar-refractivity contribution in [3.05, 3.63) is 77.4 Å². The third kappa shape index (κ3) is 4.61. The number of carbonyl (C=O) groups excluding carboxylic acids is 1. The topological polar surface area (TPSA) is 97.2 Å². The van der Waals surface area contributed by atoms with Gasteiger partial charge < -0.3 is 19.9 Å². The molecule has 1 fully saturated rings. The molecule has 7 nitrogen and oxygen atoms in total. The number of nitrogens with two attached hydrogens (primary N) is 1. The molecule has 1 aromatic heterocycles. The maximum atomic E-state index is 13.5. The van der Waals surface area contributed by atoms with Gasteiger partial charge in [0.2, 0.25) is 5.91 Å². The van der Waals surface area contributed by atoms with Crippen molar-refractivity contribution in [2.24, 2.45) is 12.8 Å². The predicted molar refractivity (Wildman–Crippen MR) is 140 cm³/mol. The van der Waals surface area contributed by atoms with E-state index in [1.54, 1.807) is 18.6 Å². The van der Waals surface area contributed by atoms with Gasteiger partial charge in [0.25, 0.3) is 0 Å². The number of rotatable bonds is 7. The summed E-state index contributed by atoms with van der Waals surface area (Å²) in [4.78, 5) is 19.6. The van der Waals surface area contributed by atoms with Gasteiger partial charge in [0.05, 0.1) is 34.7 Å². The fourth-order valence-corrected chi connectivity index (χ4v) is 5.43. The number of likely N-dealkylation sites (tertiary alicyclic amines) is 1. The highest BCUT2D eigenvalue weighted by molar-refractivity contribution is 5.88. The molecule has 0 radical (unpaired) electrons. The van der Waals surface area contributed by atoms with Crippen molar-refractivity contribution < 1.29 is 9.53 Å². The van der Waals surface area contributed by atoms with Crippen LogP contribution >= 0.6 is 0 Å². The van der Waals surface area contributed by atoms with Gasteiger partial charge in [-0.25, -0.2) is 4.98 Å². The Morgan fingerprint density at radius 3 is 2.72 bits per heavy atom. The lowest BCUT2D eigenvalue weighted by atomic mass is 9.72. The molecule has 3 aromatic rings. The zero-order valence-corrected chi connectivity index (χ0v) is 21.6. The molecule has 7 heteroatoms. The van der Waals surface area contributed by atoms with Crippen LogP contribution in [0.3, 0.4) is 0 Å². The van der Waals surface area contributed by atoms with Crippen LogP contribution in [0.15, 0.2) is 55.0 Å². The fourth-order valence-electron chi connectivity index (χ4n) is 5.43. The van der Waals surface area contributed by atoms with Crippen LogP contribution in [0.2, 0.25) is 0 Å². The largest absolute Gasteiger partial charge is 0.456 e. The van der Waals surface area contributed by atoms with E-state index in [-0.39, 0.29) is 5.91 Å². The van der Waals surface area contributed by atoms with Gasteiger partial charge in [-0.05, 0) is 61.6 Å². The van der Waals surface area contributed by atoms with Crippen LogP contribution in [0.5, 0.6) is 11.5 Å². The molecule has 2 N–H and O–H groups in total. The number of ether oxygens (including phenoxy) is 1. The van der Waals surface area contributed by atoms with Crippen LogP contribution in [0.25, 0.3) is 0 Å². The first-order valence-electron chi connectivity index (χ1n) is 12.6. The van der Waals surface area contributed by atoms with Gasteiger partial charge in [-0.15, -0.1) is 0 Å². The van der Waals surface area contributed by atoms with Crippen molar-refractivity contribution in [2.75, 3.05) is 13.6 Å². The molecule has 2 heterocycles. The molecule has 0 aliphatic carbocycles. The fraction of sp³-hybridized carbons (Fsp3) is 0.414. The van der Waals surface area contributed by atoms with Crippen molar-refractivity contribution in [3.63, 3.8) is 0 Å². The molecular formula is C29H35N5O2.